The molecule has 0 atom stereocenters. The number of quaternary nitrogens is 1. The lowest BCUT2D eigenvalue weighted by Gasteiger charge is -2.23. The lowest BCUT2D eigenvalue weighted by atomic mass is 10.5. The van der Waals surface area contributed by atoms with Crippen molar-refractivity contribution < 1.29 is 23.4 Å². The molecule has 0 radical (unpaired) electrons. The number of rotatable bonds is 4. The molecule has 0 saturated heterocycles. The van der Waals surface area contributed by atoms with Gasteiger partial charge in [0.05, 0.1) is 21.1 Å². The third-order valence-corrected chi connectivity index (χ3v) is 1.54. The van der Waals surface area contributed by atoms with Gasteiger partial charge in [-0.3, -0.25) is 4.52 Å². The van der Waals surface area contributed by atoms with E-state index >= 15 is 0 Å². The van der Waals surface area contributed by atoms with Gasteiger partial charge in [0.15, 0.2) is 0 Å². The summed E-state index contributed by atoms with van der Waals surface area (Å²) in [7, 11) is 1.50. The van der Waals surface area contributed by atoms with E-state index in [1.54, 1.807) is 0 Å². The molecule has 0 aliphatic rings. The third kappa shape index (κ3) is 12.9. The predicted octanol–water partition coefficient (Wildman–Crippen LogP) is -1.65. The first-order chi connectivity index (χ1) is 4.71. The minimum atomic E-state index is -4.26. The molecule has 0 fully saturated rings. The molecule has 0 saturated carbocycles. The molecular formula is C5H19NO4PSi+. The van der Waals surface area contributed by atoms with E-state index in [1.807, 2.05) is 21.1 Å². The molecule has 2 N–H and O–H groups in total. The molecule has 0 aliphatic heterocycles. The van der Waals surface area contributed by atoms with Gasteiger partial charge in [-0.15, -0.1) is 0 Å². The summed E-state index contributed by atoms with van der Waals surface area (Å²) in [5.41, 5.74) is 0. The molecule has 0 aromatic rings. The van der Waals surface area contributed by atoms with E-state index in [0.717, 1.165) is 0 Å². The van der Waals surface area contributed by atoms with Crippen molar-refractivity contribution >= 4 is 18.8 Å². The van der Waals surface area contributed by atoms with Crippen molar-refractivity contribution in [3.63, 3.8) is 0 Å². The molecule has 0 heterocycles. The second-order valence-corrected chi connectivity index (χ2v) is 4.58. The lowest BCUT2D eigenvalue weighted by molar-refractivity contribution is -0.870. The number of hydrogen-bond donors (Lipinski definition) is 2. The summed E-state index contributed by atoms with van der Waals surface area (Å²) in [5, 5.41) is 0. The van der Waals surface area contributed by atoms with Gasteiger partial charge in [0.25, 0.3) is 0 Å². The van der Waals surface area contributed by atoms with E-state index in [0.29, 0.717) is 11.0 Å². The Hall–Kier alpha value is 0.287. The lowest BCUT2D eigenvalue weighted by Crippen LogP contribution is -2.37. The molecule has 0 bridgehead atoms. The van der Waals surface area contributed by atoms with Gasteiger partial charge < -0.3 is 14.3 Å². The molecule has 0 aromatic heterocycles. The number of likely N-dealkylation sites (N-methyl/N-ethyl adjacent to an activating group) is 1. The molecule has 76 valence electrons. The Labute approximate surface area is 77.2 Å². The van der Waals surface area contributed by atoms with Gasteiger partial charge in [0.2, 0.25) is 0 Å². The highest BCUT2D eigenvalue weighted by molar-refractivity contribution is 7.46. The Kier molecular flexibility index (Phi) is 6.30. The van der Waals surface area contributed by atoms with E-state index in [9.17, 15) is 4.57 Å². The zero-order valence-electron chi connectivity index (χ0n) is 7.02. The van der Waals surface area contributed by atoms with Crippen molar-refractivity contribution in [3.05, 3.63) is 0 Å². The molecule has 0 amide bonds. The van der Waals surface area contributed by atoms with Crippen molar-refractivity contribution in [2.45, 2.75) is 0 Å². The smallest absolute Gasteiger partial charge is 0.329 e. The van der Waals surface area contributed by atoms with Crippen LogP contribution in [0.15, 0.2) is 0 Å². The Bertz CT molecular complexity index is 163. The Morgan fingerprint density at radius 2 is 1.75 bits per heavy atom. The fraction of sp³-hybridized carbons (Fsp3) is 1.00. The zero-order chi connectivity index (χ0) is 9.12. The molecule has 0 spiro atoms. The second-order valence-electron chi connectivity index (χ2n) is 3.34. The normalized spacial score (nSPS) is 12.4. The first-order valence-corrected chi connectivity index (χ1v) is 4.74. The van der Waals surface area contributed by atoms with Crippen molar-refractivity contribution in [3.8, 4) is 0 Å². The SMILES string of the molecule is C[N+](C)(C)CCOP(=O)(O)O.[SiH4]. The Morgan fingerprint density at radius 3 is 2.00 bits per heavy atom. The highest BCUT2D eigenvalue weighted by Crippen LogP contribution is 2.35. The van der Waals surface area contributed by atoms with E-state index in [4.69, 9.17) is 9.79 Å². The zero-order valence-corrected chi connectivity index (χ0v) is 7.91. The van der Waals surface area contributed by atoms with Crippen molar-refractivity contribution in [1.82, 2.24) is 0 Å². The van der Waals surface area contributed by atoms with Gasteiger partial charge >= 0.3 is 7.82 Å². The van der Waals surface area contributed by atoms with Gasteiger partial charge in [-0.25, -0.2) is 4.57 Å². The van der Waals surface area contributed by atoms with Gasteiger partial charge in [0, 0.05) is 0 Å². The fourth-order valence-electron chi connectivity index (χ4n) is 0.434. The van der Waals surface area contributed by atoms with Crippen LogP contribution in [-0.4, -0.2) is 59.5 Å². The Morgan fingerprint density at radius 1 is 1.33 bits per heavy atom. The first kappa shape index (κ1) is 14.8. The predicted molar refractivity (Wildman–Crippen MR) is 52.2 cm³/mol. The van der Waals surface area contributed by atoms with Gasteiger partial charge in [-0.2, -0.15) is 0 Å². The van der Waals surface area contributed by atoms with Crippen LogP contribution in [0.25, 0.3) is 0 Å². The van der Waals surface area contributed by atoms with E-state index in [2.05, 4.69) is 4.52 Å². The highest BCUT2D eigenvalue weighted by Gasteiger charge is 2.15. The van der Waals surface area contributed by atoms with Gasteiger partial charge in [0.1, 0.15) is 13.2 Å². The van der Waals surface area contributed by atoms with Crippen LogP contribution in [0.3, 0.4) is 0 Å². The third-order valence-electron chi connectivity index (χ3n) is 1.02. The van der Waals surface area contributed by atoms with Crippen LogP contribution >= 0.6 is 7.82 Å². The van der Waals surface area contributed by atoms with Gasteiger partial charge in [-0.05, 0) is 11.0 Å². The largest absolute Gasteiger partial charge is 0.469 e. The second kappa shape index (κ2) is 5.11. The van der Waals surface area contributed by atoms with Crippen LogP contribution in [0.5, 0.6) is 0 Å². The van der Waals surface area contributed by atoms with Crippen LogP contribution < -0.4 is 0 Å². The maximum Gasteiger partial charge on any atom is 0.469 e. The summed E-state index contributed by atoms with van der Waals surface area (Å²) in [6.07, 6.45) is 0. The first-order valence-electron chi connectivity index (χ1n) is 3.21. The van der Waals surface area contributed by atoms with Crippen LogP contribution in [0, 0.1) is 0 Å². The summed E-state index contributed by atoms with van der Waals surface area (Å²) in [6.45, 7) is 0.652. The number of phosphoric ester groups is 1. The summed E-state index contributed by atoms with van der Waals surface area (Å²) < 4.78 is 15.1. The van der Waals surface area contributed by atoms with E-state index < -0.39 is 7.82 Å². The minimum absolute atomic E-state index is 0. The van der Waals surface area contributed by atoms with Gasteiger partial charge in [-0.1, -0.05) is 0 Å². The molecular weight excluding hydrogens is 197 g/mol. The van der Waals surface area contributed by atoms with Crippen molar-refractivity contribution in [2.24, 2.45) is 0 Å². The fourth-order valence-corrected chi connectivity index (χ4v) is 0.753. The number of phosphoric acid groups is 1. The van der Waals surface area contributed by atoms with Crippen LogP contribution in [0.1, 0.15) is 0 Å². The molecule has 12 heavy (non-hydrogen) atoms. The van der Waals surface area contributed by atoms with Crippen molar-refractivity contribution in [1.29, 1.82) is 0 Å². The summed E-state index contributed by atoms with van der Waals surface area (Å²) in [5.74, 6) is 0. The van der Waals surface area contributed by atoms with E-state index in [1.165, 1.54) is 0 Å². The topological polar surface area (TPSA) is 66.8 Å². The number of nitrogens with zero attached hydrogens (tertiary/aromatic N) is 1. The quantitative estimate of drug-likeness (QED) is 0.336. The minimum Gasteiger partial charge on any atom is -0.329 e. The standard InChI is InChI=1S/C5H14NO4P.H4Si/c1-6(2,3)4-5-10-11(7,8)9;/h4-5H2,1-3H3,(H-,7,8,9);1H4/p+1. The monoisotopic (exact) mass is 216 g/mol. The average molecular weight is 216 g/mol. The van der Waals surface area contributed by atoms with Crippen molar-refractivity contribution in [2.75, 3.05) is 34.3 Å². The van der Waals surface area contributed by atoms with E-state index in [-0.39, 0.29) is 17.6 Å². The number of hydrogen-bond acceptors (Lipinski definition) is 2. The van der Waals surface area contributed by atoms with Crippen LogP contribution in [0.2, 0.25) is 0 Å². The van der Waals surface area contributed by atoms with Crippen LogP contribution in [0.4, 0.5) is 0 Å². The maximum absolute atomic E-state index is 10.2. The molecule has 5 nitrogen and oxygen atoms in total. The molecule has 0 rings (SSSR count). The molecule has 0 aromatic carbocycles. The highest BCUT2D eigenvalue weighted by atomic mass is 31.2. The molecule has 0 unspecified atom stereocenters. The summed E-state index contributed by atoms with van der Waals surface area (Å²) >= 11 is 0. The molecule has 7 heteroatoms. The summed E-state index contributed by atoms with van der Waals surface area (Å²) in [6, 6.07) is 0. The Balaban J connectivity index is 0. The maximum atomic E-state index is 10.2. The van der Waals surface area contributed by atoms with Crippen LogP contribution in [-0.2, 0) is 9.09 Å². The average Bonchev–Trinajstić information content (AvgIpc) is 1.55. The molecule has 0 aliphatic carbocycles. The summed E-state index contributed by atoms with van der Waals surface area (Å²) in [4.78, 5) is 16.6.